The van der Waals surface area contributed by atoms with Gasteiger partial charge in [0.2, 0.25) is 0 Å². The molecule has 0 heterocycles. The van der Waals surface area contributed by atoms with Crippen LogP contribution in [0.25, 0.3) is 0 Å². The van der Waals surface area contributed by atoms with Crippen molar-refractivity contribution in [2.75, 3.05) is 19.6 Å². The number of nitrogens with two attached hydrogens (primary N) is 1. The molecule has 0 aromatic heterocycles. The lowest BCUT2D eigenvalue weighted by atomic mass is 10.0. The summed E-state index contributed by atoms with van der Waals surface area (Å²) in [7, 11) is 0. The first kappa shape index (κ1) is 24.5. The highest BCUT2D eigenvalue weighted by molar-refractivity contribution is 5.85. The molecular formula is C19H43ClN2. The second kappa shape index (κ2) is 23.5. The molecule has 0 aliphatic carbocycles. The van der Waals surface area contributed by atoms with Crippen molar-refractivity contribution in [2.24, 2.45) is 5.73 Å². The van der Waals surface area contributed by atoms with E-state index in [1.54, 1.807) is 0 Å². The van der Waals surface area contributed by atoms with E-state index in [0.717, 1.165) is 19.5 Å². The summed E-state index contributed by atoms with van der Waals surface area (Å²) < 4.78 is 0. The van der Waals surface area contributed by atoms with Crippen molar-refractivity contribution < 1.29 is 0 Å². The molecule has 3 N–H and O–H groups in total. The van der Waals surface area contributed by atoms with Crippen LogP contribution in [0.1, 0.15) is 103 Å². The van der Waals surface area contributed by atoms with Crippen molar-refractivity contribution in [3.63, 3.8) is 0 Å². The van der Waals surface area contributed by atoms with Crippen LogP contribution in [0.15, 0.2) is 0 Å². The fraction of sp³-hybridized carbons (Fsp3) is 1.00. The third-order valence-corrected chi connectivity index (χ3v) is 4.26. The smallest absolute Gasteiger partial charge is 0.00369 e. The average molecular weight is 335 g/mol. The molecule has 0 aliphatic heterocycles. The standard InChI is InChI=1S/C19H42N2.ClH/c1-2-3-4-5-6-7-8-9-10-11-12-13-14-15-18-21-19-16-17-20;/h21H,2-20H2,1H3;1H. The molecular weight excluding hydrogens is 292 g/mol. The van der Waals surface area contributed by atoms with Gasteiger partial charge in [-0.3, -0.25) is 0 Å². The monoisotopic (exact) mass is 334 g/mol. The topological polar surface area (TPSA) is 38.0 Å². The summed E-state index contributed by atoms with van der Waals surface area (Å²) in [5.41, 5.74) is 5.45. The SMILES string of the molecule is CCCCCCCCCCCCCCCCNCCCN.Cl. The summed E-state index contributed by atoms with van der Waals surface area (Å²) in [4.78, 5) is 0. The first-order chi connectivity index (χ1) is 10.4. The first-order valence-electron chi connectivity index (χ1n) is 9.82. The number of hydrogen-bond acceptors (Lipinski definition) is 2. The predicted octanol–water partition coefficient (Wildman–Crippen LogP) is 5.83. The van der Waals surface area contributed by atoms with E-state index < -0.39 is 0 Å². The van der Waals surface area contributed by atoms with Gasteiger partial charge in [-0.1, -0.05) is 90.4 Å². The van der Waals surface area contributed by atoms with Gasteiger partial charge < -0.3 is 11.1 Å². The predicted molar refractivity (Wildman–Crippen MR) is 104 cm³/mol. The molecule has 0 aliphatic rings. The molecule has 22 heavy (non-hydrogen) atoms. The number of hydrogen-bond donors (Lipinski definition) is 2. The molecule has 2 nitrogen and oxygen atoms in total. The quantitative estimate of drug-likeness (QED) is 0.309. The third-order valence-electron chi connectivity index (χ3n) is 4.26. The van der Waals surface area contributed by atoms with Gasteiger partial charge in [-0.25, -0.2) is 0 Å². The summed E-state index contributed by atoms with van der Waals surface area (Å²) in [5, 5.41) is 3.45. The van der Waals surface area contributed by atoms with Gasteiger partial charge in [0.25, 0.3) is 0 Å². The van der Waals surface area contributed by atoms with Gasteiger partial charge in [-0.2, -0.15) is 0 Å². The van der Waals surface area contributed by atoms with Gasteiger partial charge in [-0.15, -0.1) is 12.4 Å². The lowest BCUT2D eigenvalue weighted by Gasteiger charge is -2.04. The summed E-state index contributed by atoms with van der Waals surface area (Å²) in [6.07, 6.45) is 21.2. The molecule has 136 valence electrons. The van der Waals surface area contributed by atoms with Crippen molar-refractivity contribution in [1.29, 1.82) is 0 Å². The molecule has 0 aromatic carbocycles. The molecule has 0 atom stereocenters. The van der Waals surface area contributed by atoms with Crippen molar-refractivity contribution >= 4 is 12.4 Å². The lowest BCUT2D eigenvalue weighted by molar-refractivity contribution is 0.529. The van der Waals surface area contributed by atoms with E-state index in [2.05, 4.69) is 12.2 Å². The minimum absolute atomic E-state index is 0. The van der Waals surface area contributed by atoms with Crippen LogP contribution in [0, 0.1) is 0 Å². The second-order valence-corrected chi connectivity index (χ2v) is 6.49. The van der Waals surface area contributed by atoms with Crippen molar-refractivity contribution in [3.05, 3.63) is 0 Å². The first-order valence-corrected chi connectivity index (χ1v) is 9.82. The highest BCUT2D eigenvalue weighted by Crippen LogP contribution is 2.12. The lowest BCUT2D eigenvalue weighted by Crippen LogP contribution is -2.19. The summed E-state index contributed by atoms with van der Waals surface area (Å²) in [5.74, 6) is 0. The zero-order valence-electron chi connectivity index (χ0n) is 15.2. The largest absolute Gasteiger partial charge is 0.330 e. The Hall–Kier alpha value is 0.210. The van der Waals surface area contributed by atoms with E-state index in [0.29, 0.717) is 0 Å². The third kappa shape index (κ3) is 22.5. The van der Waals surface area contributed by atoms with Gasteiger partial charge in [0, 0.05) is 0 Å². The molecule has 0 radical (unpaired) electrons. The molecule has 0 spiro atoms. The van der Waals surface area contributed by atoms with Gasteiger partial charge in [-0.05, 0) is 32.5 Å². The fourth-order valence-corrected chi connectivity index (χ4v) is 2.80. The Bertz CT molecular complexity index is 159. The number of unbranched alkanes of at least 4 members (excludes halogenated alkanes) is 13. The molecule has 0 saturated heterocycles. The zero-order valence-corrected chi connectivity index (χ0v) is 16.0. The Kier molecular flexibility index (Phi) is 26.1. The maximum atomic E-state index is 5.45. The molecule has 0 aromatic rings. The summed E-state index contributed by atoms with van der Waals surface area (Å²) >= 11 is 0. The van der Waals surface area contributed by atoms with Gasteiger partial charge in [0.1, 0.15) is 0 Å². The van der Waals surface area contributed by atoms with E-state index in [1.165, 1.54) is 96.4 Å². The van der Waals surface area contributed by atoms with Crippen LogP contribution < -0.4 is 11.1 Å². The number of halogens is 1. The molecule has 0 fully saturated rings. The van der Waals surface area contributed by atoms with Crippen molar-refractivity contribution in [2.45, 2.75) is 103 Å². The van der Waals surface area contributed by atoms with Crippen molar-refractivity contribution in [3.8, 4) is 0 Å². The van der Waals surface area contributed by atoms with Gasteiger partial charge in [0.05, 0.1) is 0 Å². The molecule has 0 bridgehead atoms. The van der Waals surface area contributed by atoms with Crippen LogP contribution >= 0.6 is 12.4 Å². The molecule has 0 unspecified atom stereocenters. The maximum Gasteiger partial charge on any atom is -0.00369 e. The Labute approximate surface area is 146 Å². The van der Waals surface area contributed by atoms with E-state index >= 15 is 0 Å². The van der Waals surface area contributed by atoms with E-state index in [4.69, 9.17) is 5.73 Å². The van der Waals surface area contributed by atoms with Crippen LogP contribution in [0.3, 0.4) is 0 Å². The Morgan fingerprint density at radius 3 is 1.32 bits per heavy atom. The highest BCUT2D eigenvalue weighted by atomic mass is 35.5. The molecule has 0 rings (SSSR count). The van der Waals surface area contributed by atoms with Gasteiger partial charge in [0.15, 0.2) is 0 Å². The number of rotatable bonds is 18. The maximum absolute atomic E-state index is 5.45. The van der Waals surface area contributed by atoms with E-state index in [9.17, 15) is 0 Å². The van der Waals surface area contributed by atoms with Crippen LogP contribution in [0.5, 0.6) is 0 Å². The summed E-state index contributed by atoms with van der Waals surface area (Å²) in [6, 6.07) is 0. The fourth-order valence-electron chi connectivity index (χ4n) is 2.80. The zero-order chi connectivity index (χ0) is 15.4. The van der Waals surface area contributed by atoms with Crippen LogP contribution in [0.4, 0.5) is 0 Å². The highest BCUT2D eigenvalue weighted by Gasteiger charge is 1.94. The average Bonchev–Trinajstić information content (AvgIpc) is 2.50. The number of nitrogens with one attached hydrogen (secondary N) is 1. The van der Waals surface area contributed by atoms with Crippen LogP contribution in [-0.4, -0.2) is 19.6 Å². The van der Waals surface area contributed by atoms with Crippen LogP contribution in [-0.2, 0) is 0 Å². The Morgan fingerprint density at radius 2 is 0.909 bits per heavy atom. The summed E-state index contributed by atoms with van der Waals surface area (Å²) in [6.45, 7) is 5.37. The van der Waals surface area contributed by atoms with Crippen molar-refractivity contribution in [1.82, 2.24) is 5.32 Å². The Morgan fingerprint density at radius 1 is 0.545 bits per heavy atom. The minimum Gasteiger partial charge on any atom is -0.330 e. The van der Waals surface area contributed by atoms with Crippen LogP contribution in [0.2, 0.25) is 0 Å². The second-order valence-electron chi connectivity index (χ2n) is 6.49. The van der Waals surface area contributed by atoms with Gasteiger partial charge >= 0.3 is 0 Å². The van der Waals surface area contributed by atoms with E-state index in [-0.39, 0.29) is 12.4 Å². The Balaban J connectivity index is 0. The van der Waals surface area contributed by atoms with E-state index in [1.807, 2.05) is 0 Å². The minimum atomic E-state index is 0. The molecule has 0 saturated carbocycles. The molecule has 0 amide bonds. The normalized spacial score (nSPS) is 10.6. The molecule has 3 heteroatoms.